The van der Waals surface area contributed by atoms with Crippen LogP contribution in [0.2, 0.25) is 0 Å². The molecule has 2 atom stereocenters. The lowest BCUT2D eigenvalue weighted by Gasteiger charge is -2.18. The molecule has 49 heavy (non-hydrogen) atoms. The zero-order chi connectivity index (χ0) is 36.3. The fraction of sp³-hybridized carbons (Fsp3) is 0.692. The Balaban J connectivity index is 4.10. The van der Waals surface area contributed by atoms with Gasteiger partial charge in [0.15, 0.2) is 6.10 Å². The number of aliphatic hydroxyl groups excluding tert-OH is 1. The number of allylic oxidation sites excluding steroid dienone is 10. The van der Waals surface area contributed by atoms with Crippen molar-refractivity contribution in [3.63, 3.8) is 0 Å². The molecule has 0 amide bonds. The number of unbranched alkanes of at least 4 members (excludes halogenated alkanes) is 11. The van der Waals surface area contributed by atoms with E-state index in [2.05, 4.69) is 60.1 Å². The standard InChI is InChI=1S/C39H67O9P/c1-3-4-5-6-7-8-9-13-18-21-24-27-30-33-39(42)48-37(35-47-49(43,44)45)34-46-38(41)32-29-26-23-20-17-15-12-10-11-14-16-19-22-25-28-31-36(2)40/h8-9,11-12,14-15,19-20,22-23,36-37,40H,3-7,10,13,16-18,21,24-35H2,1-2H3,(H2,43,44,45)/b9-8-,14-11-,15-12-,22-19-,23-20-/t36-,37-/m1/s1. The molecule has 0 aliphatic rings. The van der Waals surface area contributed by atoms with Crippen LogP contribution in [0.5, 0.6) is 0 Å². The van der Waals surface area contributed by atoms with Crippen molar-refractivity contribution in [2.24, 2.45) is 0 Å². The summed E-state index contributed by atoms with van der Waals surface area (Å²) in [6, 6.07) is 0. The fourth-order valence-corrected chi connectivity index (χ4v) is 5.09. The zero-order valence-electron chi connectivity index (χ0n) is 30.4. The highest BCUT2D eigenvalue weighted by Gasteiger charge is 2.22. The number of hydrogen-bond acceptors (Lipinski definition) is 7. The highest BCUT2D eigenvalue weighted by molar-refractivity contribution is 7.46. The lowest BCUT2D eigenvalue weighted by atomic mass is 10.1. The molecule has 0 aliphatic heterocycles. The highest BCUT2D eigenvalue weighted by Crippen LogP contribution is 2.36. The average Bonchev–Trinajstić information content (AvgIpc) is 3.05. The molecular formula is C39H67O9P. The van der Waals surface area contributed by atoms with Gasteiger partial charge in [0.25, 0.3) is 0 Å². The van der Waals surface area contributed by atoms with Gasteiger partial charge in [-0.25, -0.2) is 4.57 Å². The maximum atomic E-state index is 12.3. The molecule has 3 N–H and O–H groups in total. The van der Waals surface area contributed by atoms with Crippen molar-refractivity contribution in [2.45, 2.75) is 161 Å². The Kier molecular flexibility index (Phi) is 32.6. The van der Waals surface area contributed by atoms with E-state index in [4.69, 9.17) is 19.3 Å². The Hall–Kier alpha value is -2.29. The van der Waals surface area contributed by atoms with E-state index in [0.29, 0.717) is 19.3 Å². The number of carbonyl (C=O) groups is 2. The molecule has 0 aromatic rings. The van der Waals surface area contributed by atoms with Gasteiger partial charge in [0.2, 0.25) is 0 Å². The molecule has 0 aliphatic carbocycles. The third-order valence-corrected chi connectivity index (χ3v) is 8.01. The van der Waals surface area contributed by atoms with Gasteiger partial charge in [-0.15, -0.1) is 0 Å². The predicted molar refractivity (Wildman–Crippen MR) is 199 cm³/mol. The van der Waals surface area contributed by atoms with Crippen LogP contribution in [-0.2, 0) is 28.2 Å². The molecular weight excluding hydrogens is 643 g/mol. The molecule has 0 rings (SSSR count). The highest BCUT2D eigenvalue weighted by atomic mass is 31.2. The van der Waals surface area contributed by atoms with Crippen LogP contribution >= 0.6 is 7.82 Å². The summed E-state index contributed by atoms with van der Waals surface area (Å²) in [4.78, 5) is 42.6. The van der Waals surface area contributed by atoms with Gasteiger partial charge >= 0.3 is 19.8 Å². The molecule has 0 fully saturated rings. The minimum Gasteiger partial charge on any atom is -0.462 e. The van der Waals surface area contributed by atoms with Crippen LogP contribution in [-0.4, -0.2) is 52.3 Å². The summed E-state index contributed by atoms with van der Waals surface area (Å²) in [5.41, 5.74) is 0. The number of aliphatic hydroxyl groups is 1. The van der Waals surface area contributed by atoms with Crippen molar-refractivity contribution in [2.75, 3.05) is 13.2 Å². The van der Waals surface area contributed by atoms with Crippen molar-refractivity contribution in [1.29, 1.82) is 0 Å². The van der Waals surface area contributed by atoms with Gasteiger partial charge in [-0.3, -0.25) is 14.1 Å². The van der Waals surface area contributed by atoms with Gasteiger partial charge in [0.05, 0.1) is 12.7 Å². The molecule has 0 aromatic carbocycles. The molecule has 0 aromatic heterocycles. The van der Waals surface area contributed by atoms with Crippen molar-refractivity contribution in [3.8, 4) is 0 Å². The molecule has 9 nitrogen and oxygen atoms in total. The first kappa shape index (κ1) is 46.7. The summed E-state index contributed by atoms with van der Waals surface area (Å²) in [7, 11) is -4.77. The second kappa shape index (κ2) is 34.2. The molecule has 0 radical (unpaired) electrons. The van der Waals surface area contributed by atoms with E-state index < -0.39 is 32.5 Å². The normalized spacial score (nSPS) is 13.8. The lowest BCUT2D eigenvalue weighted by Crippen LogP contribution is -2.29. The third-order valence-electron chi connectivity index (χ3n) is 7.53. The van der Waals surface area contributed by atoms with Crippen LogP contribution in [0.4, 0.5) is 0 Å². The van der Waals surface area contributed by atoms with E-state index in [0.717, 1.165) is 77.0 Å². The molecule has 0 saturated carbocycles. The van der Waals surface area contributed by atoms with Gasteiger partial charge in [0, 0.05) is 12.8 Å². The number of hydrogen-bond donors (Lipinski definition) is 3. The van der Waals surface area contributed by atoms with Crippen molar-refractivity contribution >= 4 is 19.8 Å². The van der Waals surface area contributed by atoms with Gasteiger partial charge < -0.3 is 24.4 Å². The van der Waals surface area contributed by atoms with E-state index in [1.165, 1.54) is 25.7 Å². The first-order valence-corrected chi connectivity index (χ1v) is 20.1. The summed E-state index contributed by atoms with van der Waals surface area (Å²) < 4.78 is 26.2. The van der Waals surface area contributed by atoms with Crippen LogP contribution in [0.3, 0.4) is 0 Å². The van der Waals surface area contributed by atoms with Crippen LogP contribution in [0.25, 0.3) is 0 Å². The van der Waals surface area contributed by atoms with Crippen LogP contribution in [0.1, 0.15) is 149 Å². The number of ether oxygens (including phenoxy) is 2. The monoisotopic (exact) mass is 710 g/mol. The number of rotatable bonds is 33. The molecule has 0 bridgehead atoms. The van der Waals surface area contributed by atoms with Gasteiger partial charge in [-0.1, -0.05) is 106 Å². The Labute approximate surface area is 297 Å². The van der Waals surface area contributed by atoms with E-state index in [9.17, 15) is 19.3 Å². The Bertz CT molecular complexity index is 994. The fourth-order valence-electron chi connectivity index (χ4n) is 4.73. The maximum absolute atomic E-state index is 12.3. The number of phosphoric ester groups is 1. The summed E-state index contributed by atoms with van der Waals surface area (Å²) in [6.45, 7) is 3.14. The summed E-state index contributed by atoms with van der Waals surface area (Å²) in [5.74, 6) is -0.983. The first-order chi connectivity index (χ1) is 23.6. The minimum atomic E-state index is -4.77. The summed E-state index contributed by atoms with van der Waals surface area (Å²) in [5, 5.41) is 9.24. The van der Waals surface area contributed by atoms with Crippen LogP contribution < -0.4 is 0 Å². The minimum absolute atomic E-state index is 0.175. The van der Waals surface area contributed by atoms with Gasteiger partial charge in [-0.05, 0) is 90.4 Å². The van der Waals surface area contributed by atoms with E-state index >= 15 is 0 Å². The number of phosphoric acid groups is 1. The maximum Gasteiger partial charge on any atom is 0.469 e. The largest absolute Gasteiger partial charge is 0.469 e. The topological polar surface area (TPSA) is 140 Å². The summed E-state index contributed by atoms with van der Waals surface area (Å²) in [6.07, 6.45) is 39.3. The van der Waals surface area contributed by atoms with Gasteiger partial charge in [-0.2, -0.15) is 0 Å². The first-order valence-electron chi connectivity index (χ1n) is 18.6. The van der Waals surface area contributed by atoms with E-state index in [1.54, 1.807) is 0 Å². The Morgan fingerprint density at radius 3 is 1.65 bits per heavy atom. The van der Waals surface area contributed by atoms with Crippen molar-refractivity contribution in [1.82, 2.24) is 0 Å². The summed E-state index contributed by atoms with van der Waals surface area (Å²) >= 11 is 0. The van der Waals surface area contributed by atoms with E-state index in [-0.39, 0.29) is 25.6 Å². The second-order valence-corrected chi connectivity index (χ2v) is 13.7. The predicted octanol–water partition coefficient (Wildman–Crippen LogP) is 9.92. The van der Waals surface area contributed by atoms with Crippen molar-refractivity contribution in [3.05, 3.63) is 60.8 Å². The third kappa shape index (κ3) is 38.4. The van der Waals surface area contributed by atoms with Crippen LogP contribution in [0, 0.1) is 0 Å². The Morgan fingerprint density at radius 1 is 0.612 bits per heavy atom. The Morgan fingerprint density at radius 2 is 1.08 bits per heavy atom. The molecule has 10 heteroatoms. The van der Waals surface area contributed by atoms with Crippen LogP contribution in [0.15, 0.2) is 60.8 Å². The molecule has 0 unspecified atom stereocenters. The second-order valence-electron chi connectivity index (χ2n) is 12.5. The number of esters is 2. The quantitative estimate of drug-likeness (QED) is 0.0263. The number of carbonyl (C=O) groups excluding carboxylic acids is 2. The van der Waals surface area contributed by atoms with E-state index in [1.807, 2.05) is 19.1 Å². The lowest BCUT2D eigenvalue weighted by molar-refractivity contribution is -0.161. The van der Waals surface area contributed by atoms with Gasteiger partial charge in [0.1, 0.15) is 6.61 Å². The molecule has 0 spiro atoms. The SMILES string of the molecule is CCCCCC/C=C\CCCCCCCC(=O)O[C@H](COC(=O)CCC/C=C\C/C=C\C/C=C\C/C=C\CCC[C@@H](C)O)COP(=O)(O)O. The molecule has 0 heterocycles. The average molecular weight is 711 g/mol. The zero-order valence-corrected chi connectivity index (χ0v) is 31.3. The smallest absolute Gasteiger partial charge is 0.462 e. The van der Waals surface area contributed by atoms with Crippen molar-refractivity contribution < 1.29 is 43.0 Å². The molecule has 282 valence electrons. The molecule has 0 saturated heterocycles.